The van der Waals surface area contributed by atoms with Crippen LogP contribution in [-0.2, 0) is 16.2 Å². The zero-order valence-corrected chi connectivity index (χ0v) is 23.8. The lowest BCUT2D eigenvalue weighted by Crippen LogP contribution is -2.54. The van der Waals surface area contributed by atoms with Crippen LogP contribution in [0.2, 0.25) is 15.1 Å². The zero-order chi connectivity index (χ0) is 26.1. The molecule has 6 nitrogen and oxygen atoms in total. The number of hydrogen-bond acceptors (Lipinski definition) is 4. The molecule has 0 spiro atoms. The molecule has 3 aromatic rings. The molecule has 0 atom stereocenters. The third-order valence-corrected chi connectivity index (χ3v) is 7.11. The number of rotatable bonds is 5. The molecule has 0 bridgehead atoms. The van der Waals surface area contributed by atoms with Crippen molar-refractivity contribution in [2.24, 2.45) is 0 Å². The van der Waals surface area contributed by atoms with Gasteiger partial charge in [-0.1, -0.05) is 62.9 Å². The minimum Gasteiger partial charge on any atom is -0.487 e. The first kappa shape index (κ1) is 26.7. The molecule has 36 heavy (non-hydrogen) atoms. The van der Waals surface area contributed by atoms with Crippen molar-refractivity contribution in [3.63, 3.8) is 0 Å². The predicted octanol–water partition coefficient (Wildman–Crippen LogP) is 7.73. The van der Waals surface area contributed by atoms with Gasteiger partial charge in [0.2, 0.25) is 0 Å². The maximum absolute atomic E-state index is 13.4. The molecule has 0 saturated carbocycles. The van der Waals surface area contributed by atoms with E-state index in [0.717, 1.165) is 4.90 Å². The number of nitrogens with zero attached hydrogens (tertiary/aromatic N) is 1. The molecule has 1 heterocycles. The Kier molecular flexibility index (Phi) is 8.12. The second kappa shape index (κ2) is 10.9. The number of imide groups is 2. The van der Waals surface area contributed by atoms with Gasteiger partial charge in [-0.25, -0.2) is 9.69 Å². The summed E-state index contributed by atoms with van der Waals surface area (Å²) in [4.78, 5) is 39.6. The molecule has 1 fully saturated rings. The minimum atomic E-state index is -0.864. The van der Waals surface area contributed by atoms with E-state index in [1.165, 1.54) is 12.1 Å². The lowest BCUT2D eigenvalue weighted by molar-refractivity contribution is -0.122. The van der Waals surface area contributed by atoms with E-state index in [4.69, 9.17) is 39.5 Å². The van der Waals surface area contributed by atoms with Gasteiger partial charge in [0.25, 0.3) is 11.8 Å². The summed E-state index contributed by atoms with van der Waals surface area (Å²) >= 11 is 25.2. The van der Waals surface area contributed by atoms with Crippen LogP contribution in [0, 0.1) is 6.92 Å². The molecule has 1 N–H and O–H groups in total. The lowest BCUT2D eigenvalue weighted by Gasteiger charge is -2.27. The molecule has 184 valence electrons. The smallest absolute Gasteiger partial charge is 0.335 e. The van der Waals surface area contributed by atoms with Crippen LogP contribution in [0.25, 0.3) is 6.08 Å². The highest BCUT2D eigenvalue weighted by molar-refractivity contribution is 9.11. The summed E-state index contributed by atoms with van der Waals surface area (Å²) in [6, 6.07) is 12.4. The first-order valence-electron chi connectivity index (χ1n) is 10.3. The van der Waals surface area contributed by atoms with Crippen LogP contribution >= 0.6 is 66.7 Å². The molecule has 0 aliphatic carbocycles. The molecule has 0 aromatic heterocycles. The van der Waals surface area contributed by atoms with Gasteiger partial charge in [0, 0.05) is 30.7 Å². The molecule has 0 unspecified atom stereocenters. The van der Waals surface area contributed by atoms with Gasteiger partial charge in [0.05, 0.1) is 10.2 Å². The highest BCUT2D eigenvalue weighted by Crippen LogP contribution is 2.36. The Morgan fingerprint density at radius 1 is 0.972 bits per heavy atom. The molecule has 4 amide bonds. The Hall–Kier alpha value is -2.36. The summed E-state index contributed by atoms with van der Waals surface area (Å²) in [6.07, 6.45) is 1.37. The Balaban J connectivity index is 1.74. The van der Waals surface area contributed by atoms with Crippen LogP contribution in [0.3, 0.4) is 0 Å². The molecule has 4 rings (SSSR count). The number of barbiturate groups is 1. The average Bonchev–Trinajstić information content (AvgIpc) is 2.79. The number of halogens is 5. The van der Waals surface area contributed by atoms with Gasteiger partial charge in [-0.2, -0.15) is 0 Å². The van der Waals surface area contributed by atoms with Gasteiger partial charge in [0.15, 0.2) is 0 Å². The van der Waals surface area contributed by atoms with E-state index in [-0.39, 0.29) is 17.9 Å². The highest BCUT2D eigenvalue weighted by Gasteiger charge is 2.37. The average molecular weight is 674 g/mol. The highest BCUT2D eigenvalue weighted by atomic mass is 79.9. The SMILES string of the molecule is Cc1ccc(Cl)cc1N1C(=O)NC(=O)/C(=C\c2cc(Br)cc(Br)c2OCc2ccc(Cl)cc2Cl)C1=O. The van der Waals surface area contributed by atoms with Gasteiger partial charge < -0.3 is 4.74 Å². The number of urea groups is 1. The summed E-state index contributed by atoms with van der Waals surface area (Å²) in [7, 11) is 0. The van der Waals surface area contributed by atoms with Crippen LogP contribution in [-0.4, -0.2) is 17.8 Å². The van der Waals surface area contributed by atoms with E-state index in [0.29, 0.717) is 46.5 Å². The van der Waals surface area contributed by atoms with Crippen molar-refractivity contribution < 1.29 is 19.1 Å². The van der Waals surface area contributed by atoms with E-state index in [9.17, 15) is 14.4 Å². The molecule has 1 saturated heterocycles. The lowest BCUT2D eigenvalue weighted by atomic mass is 10.0. The summed E-state index contributed by atoms with van der Waals surface area (Å²) in [6.45, 7) is 1.82. The Labute approximate surface area is 238 Å². The van der Waals surface area contributed by atoms with Crippen molar-refractivity contribution in [3.05, 3.63) is 94.8 Å². The van der Waals surface area contributed by atoms with E-state index in [1.807, 2.05) is 0 Å². The number of aryl methyl sites for hydroxylation is 1. The van der Waals surface area contributed by atoms with Gasteiger partial charge in [-0.3, -0.25) is 14.9 Å². The number of anilines is 1. The first-order chi connectivity index (χ1) is 17.0. The van der Waals surface area contributed by atoms with E-state index in [1.54, 1.807) is 49.4 Å². The largest absolute Gasteiger partial charge is 0.487 e. The van der Waals surface area contributed by atoms with Crippen molar-refractivity contribution >= 4 is 96.3 Å². The summed E-state index contributed by atoms with van der Waals surface area (Å²) in [5.74, 6) is -1.26. The maximum atomic E-state index is 13.4. The van der Waals surface area contributed by atoms with Gasteiger partial charge in [-0.15, -0.1) is 0 Å². The summed E-state index contributed by atoms with van der Waals surface area (Å²) in [5.41, 5.74) is 1.75. The molecular formula is C25H15Br2Cl3N2O4. The standard InChI is InChI=1S/C25H15Br2Cl3N2O4/c1-12-2-4-17(29)10-21(12)32-24(34)18(23(33)31-25(32)35)7-14-6-15(26)8-19(27)22(14)36-11-13-3-5-16(28)9-20(13)30/h2-10H,11H2,1H3,(H,31,33,35)/b18-7+. The topological polar surface area (TPSA) is 75.7 Å². The number of carbonyl (C=O) groups is 3. The molecule has 1 aliphatic rings. The number of ether oxygens (including phenoxy) is 1. The normalized spacial score (nSPS) is 14.9. The van der Waals surface area contributed by atoms with Gasteiger partial charge >= 0.3 is 6.03 Å². The number of carbonyl (C=O) groups excluding carboxylic acids is 3. The van der Waals surface area contributed by atoms with Crippen molar-refractivity contribution in [3.8, 4) is 5.75 Å². The Morgan fingerprint density at radius 2 is 1.67 bits per heavy atom. The number of hydrogen-bond donors (Lipinski definition) is 1. The molecule has 1 aliphatic heterocycles. The Morgan fingerprint density at radius 3 is 2.39 bits per heavy atom. The predicted molar refractivity (Wildman–Crippen MR) is 148 cm³/mol. The third kappa shape index (κ3) is 5.63. The maximum Gasteiger partial charge on any atom is 0.335 e. The Bertz CT molecular complexity index is 1460. The number of amides is 4. The number of benzene rings is 3. The second-order valence-corrected chi connectivity index (χ2v) is 10.8. The van der Waals surface area contributed by atoms with Gasteiger partial charge in [0.1, 0.15) is 17.9 Å². The van der Waals surface area contributed by atoms with Crippen molar-refractivity contribution in [1.82, 2.24) is 5.32 Å². The summed E-state index contributed by atoms with van der Waals surface area (Å²) in [5, 5.41) is 3.48. The second-order valence-electron chi connectivity index (χ2n) is 7.72. The zero-order valence-electron chi connectivity index (χ0n) is 18.4. The first-order valence-corrected chi connectivity index (χ1v) is 13.0. The molecular weight excluding hydrogens is 658 g/mol. The quantitative estimate of drug-likeness (QED) is 0.222. The molecule has 3 aromatic carbocycles. The van der Waals surface area contributed by atoms with Crippen molar-refractivity contribution in [1.29, 1.82) is 0 Å². The van der Waals surface area contributed by atoms with Gasteiger partial charge in [-0.05, 0) is 70.9 Å². The van der Waals surface area contributed by atoms with Crippen LogP contribution in [0.1, 0.15) is 16.7 Å². The van der Waals surface area contributed by atoms with Crippen molar-refractivity contribution in [2.45, 2.75) is 13.5 Å². The van der Waals surface area contributed by atoms with Crippen LogP contribution in [0.5, 0.6) is 5.75 Å². The fourth-order valence-corrected chi connectivity index (χ4v) is 5.49. The van der Waals surface area contributed by atoms with Crippen molar-refractivity contribution in [2.75, 3.05) is 4.90 Å². The summed E-state index contributed by atoms with van der Waals surface area (Å²) < 4.78 is 7.26. The monoisotopic (exact) mass is 670 g/mol. The fourth-order valence-electron chi connectivity index (χ4n) is 3.48. The number of nitrogens with one attached hydrogen (secondary N) is 1. The molecule has 11 heteroatoms. The fraction of sp³-hybridized carbons (Fsp3) is 0.0800. The van der Waals surface area contributed by atoms with Crippen LogP contribution in [0.15, 0.2) is 63.0 Å². The minimum absolute atomic E-state index is 0.0961. The van der Waals surface area contributed by atoms with E-state index >= 15 is 0 Å². The molecule has 0 radical (unpaired) electrons. The van der Waals surface area contributed by atoms with Crippen LogP contribution in [0.4, 0.5) is 10.5 Å². The van der Waals surface area contributed by atoms with E-state index in [2.05, 4.69) is 37.2 Å². The van der Waals surface area contributed by atoms with E-state index < -0.39 is 17.8 Å². The third-order valence-electron chi connectivity index (χ3n) is 5.24. The van der Waals surface area contributed by atoms with Crippen LogP contribution < -0.4 is 15.0 Å².